The lowest BCUT2D eigenvalue weighted by Gasteiger charge is -2.14. The van der Waals surface area contributed by atoms with Crippen molar-refractivity contribution in [1.29, 1.82) is 0 Å². The Morgan fingerprint density at radius 1 is 0.882 bits per heavy atom. The normalized spacial score (nSPS) is 11.2. The van der Waals surface area contributed by atoms with Crippen LogP contribution in [0.2, 0.25) is 0 Å². The van der Waals surface area contributed by atoms with E-state index in [2.05, 4.69) is 38.1 Å². The van der Waals surface area contributed by atoms with Crippen LogP contribution in [0.25, 0.3) is 10.2 Å². The van der Waals surface area contributed by atoms with Gasteiger partial charge in [0.1, 0.15) is 0 Å². The lowest BCUT2D eigenvalue weighted by molar-refractivity contribution is 0.0988. The number of hydrazone groups is 1. The number of carbonyl (C=O) groups is 1. The van der Waals surface area contributed by atoms with Crippen LogP contribution >= 0.6 is 27.3 Å². The number of halogens is 1. The summed E-state index contributed by atoms with van der Waals surface area (Å²) in [6, 6.07) is 33.6. The number of benzene rings is 4. The molecule has 5 aromatic rings. The van der Waals surface area contributed by atoms with Gasteiger partial charge in [-0.1, -0.05) is 100 Å². The SMILES string of the molecule is O=C(c1ccc(Cc2ccccc2)cc1)N(/N=C/c1ccccc1)c1nc2ccc(Br)cc2s1. The second-order valence-corrected chi connectivity index (χ2v) is 9.66. The molecule has 0 bridgehead atoms. The van der Waals surface area contributed by atoms with E-state index in [9.17, 15) is 4.79 Å². The second kappa shape index (κ2) is 10.1. The number of amides is 1. The Kier molecular flexibility index (Phi) is 6.60. The van der Waals surface area contributed by atoms with Gasteiger partial charge in [-0.2, -0.15) is 10.1 Å². The van der Waals surface area contributed by atoms with E-state index in [1.54, 1.807) is 6.21 Å². The summed E-state index contributed by atoms with van der Waals surface area (Å²) in [7, 11) is 0. The molecule has 0 fully saturated rings. The fourth-order valence-corrected chi connectivity index (χ4v) is 5.02. The fraction of sp³-hybridized carbons (Fsp3) is 0.0357. The molecule has 0 saturated carbocycles. The Morgan fingerprint density at radius 2 is 1.56 bits per heavy atom. The fourth-order valence-electron chi connectivity index (χ4n) is 3.55. The number of thiazole rings is 1. The van der Waals surface area contributed by atoms with E-state index in [0.29, 0.717) is 10.7 Å². The molecule has 0 spiro atoms. The van der Waals surface area contributed by atoms with Crippen molar-refractivity contribution in [2.75, 3.05) is 5.01 Å². The highest BCUT2D eigenvalue weighted by molar-refractivity contribution is 9.10. The first kappa shape index (κ1) is 22.2. The maximum Gasteiger partial charge on any atom is 0.280 e. The molecule has 5 rings (SSSR count). The molecular weight excluding hydrogens is 506 g/mol. The molecule has 166 valence electrons. The number of nitrogens with zero attached hydrogens (tertiary/aromatic N) is 3. The van der Waals surface area contributed by atoms with E-state index in [4.69, 9.17) is 0 Å². The van der Waals surface area contributed by atoms with Gasteiger partial charge >= 0.3 is 0 Å². The van der Waals surface area contributed by atoms with E-state index in [1.165, 1.54) is 21.9 Å². The molecule has 0 aliphatic carbocycles. The monoisotopic (exact) mass is 525 g/mol. The van der Waals surface area contributed by atoms with Crippen molar-refractivity contribution >= 4 is 54.7 Å². The first-order valence-corrected chi connectivity index (χ1v) is 12.4. The lowest BCUT2D eigenvalue weighted by Crippen LogP contribution is -2.25. The van der Waals surface area contributed by atoms with Gasteiger partial charge in [0.2, 0.25) is 5.13 Å². The molecule has 0 aliphatic rings. The maximum atomic E-state index is 13.5. The summed E-state index contributed by atoms with van der Waals surface area (Å²) in [6.07, 6.45) is 2.50. The molecule has 0 radical (unpaired) electrons. The van der Waals surface area contributed by atoms with Gasteiger partial charge in [0.15, 0.2) is 0 Å². The summed E-state index contributed by atoms with van der Waals surface area (Å²) in [6.45, 7) is 0. The van der Waals surface area contributed by atoms with Crippen molar-refractivity contribution in [3.05, 3.63) is 130 Å². The van der Waals surface area contributed by atoms with E-state index in [0.717, 1.165) is 32.2 Å². The molecule has 0 unspecified atom stereocenters. The van der Waals surface area contributed by atoms with Crippen molar-refractivity contribution in [3.63, 3.8) is 0 Å². The smallest absolute Gasteiger partial charge is 0.267 e. The first-order valence-electron chi connectivity index (χ1n) is 10.8. The molecule has 4 nitrogen and oxygen atoms in total. The third-order valence-electron chi connectivity index (χ3n) is 5.29. The predicted molar refractivity (Wildman–Crippen MR) is 144 cm³/mol. The van der Waals surface area contributed by atoms with Crippen LogP contribution in [0.5, 0.6) is 0 Å². The number of aromatic nitrogens is 1. The minimum atomic E-state index is -0.225. The van der Waals surface area contributed by atoms with Gasteiger partial charge in [0.05, 0.1) is 16.4 Å². The van der Waals surface area contributed by atoms with Gasteiger partial charge in [0, 0.05) is 10.0 Å². The van der Waals surface area contributed by atoms with Gasteiger partial charge in [-0.05, 0) is 53.4 Å². The quantitative estimate of drug-likeness (QED) is 0.172. The Hall–Kier alpha value is -3.61. The Morgan fingerprint density at radius 3 is 2.29 bits per heavy atom. The van der Waals surface area contributed by atoms with Crippen LogP contribution in [0, 0.1) is 0 Å². The Labute approximate surface area is 210 Å². The highest BCUT2D eigenvalue weighted by Gasteiger charge is 2.21. The molecule has 4 aromatic carbocycles. The average Bonchev–Trinajstić information content (AvgIpc) is 3.28. The molecule has 34 heavy (non-hydrogen) atoms. The lowest BCUT2D eigenvalue weighted by atomic mass is 10.0. The summed E-state index contributed by atoms with van der Waals surface area (Å²) in [5.74, 6) is -0.225. The van der Waals surface area contributed by atoms with Crippen molar-refractivity contribution in [3.8, 4) is 0 Å². The number of fused-ring (bicyclic) bond motifs is 1. The number of hydrogen-bond donors (Lipinski definition) is 0. The molecule has 1 heterocycles. The standard InChI is InChI=1S/C28H20BrN3OS/c29-24-15-16-25-26(18-24)34-28(31-25)32(30-19-22-9-5-2-6-10-22)27(33)23-13-11-21(12-14-23)17-20-7-3-1-4-8-20/h1-16,18-19H,17H2/b30-19+. The summed E-state index contributed by atoms with van der Waals surface area (Å²) < 4.78 is 1.95. The minimum Gasteiger partial charge on any atom is -0.267 e. The molecule has 0 saturated heterocycles. The predicted octanol–water partition coefficient (Wildman–Crippen LogP) is 7.33. The van der Waals surface area contributed by atoms with E-state index in [-0.39, 0.29) is 5.91 Å². The van der Waals surface area contributed by atoms with Crippen LogP contribution in [-0.4, -0.2) is 17.1 Å². The van der Waals surface area contributed by atoms with Gasteiger partial charge < -0.3 is 0 Å². The van der Waals surface area contributed by atoms with Crippen LogP contribution < -0.4 is 5.01 Å². The highest BCUT2D eigenvalue weighted by Crippen LogP contribution is 2.32. The van der Waals surface area contributed by atoms with E-state index in [1.807, 2.05) is 91.0 Å². The maximum absolute atomic E-state index is 13.5. The largest absolute Gasteiger partial charge is 0.280 e. The summed E-state index contributed by atoms with van der Waals surface area (Å²) in [5, 5.41) is 6.46. The summed E-state index contributed by atoms with van der Waals surface area (Å²) in [5.41, 5.74) is 4.67. The number of hydrogen-bond acceptors (Lipinski definition) is 4. The third kappa shape index (κ3) is 5.14. The average molecular weight is 526 g/mol. The first-order chi connectivity index (χ1) is 16.7. The van der Waals surface area contributed by atoms with Crippen molar-refractivity contribution in [2.24, 2.45) is 5.10 Å². The molecular formula is C28H20BrN3OS. The molecule has 1 aromatic heterocycles. The van der Waals surface area contributed by atoms with Crippen LogP contribution in [0.15, 0.2) is 113 Å². The third-order valence-corrected chi connectivity index (χ3v) is 6.77. The summed E-state index contributed by atoms with van der Waals surface area (Å²) >= 11 is 4.94. The van der Waals surface area contributed by atoms with Gasteiger partial charge in [-0.25, -0.2) is 4.98 Å². The zero-order valence-electron chi connectivity index (χ0n) is 18.1. The topological polar surface area (TPSA) is 45.6 Å². The summed E-state index contributed by atoms with van der Waals surface area (Å²) in [4.78, 5) is 18.2. The molecule has 6 heteroatoms. The molecule has 0 N–H and O–H groups in total. The van der Waals surface area contributed by atoms with Gasteiger partial charge in [-0.3, -0.25) is 4.79 Å². The van der Waals surface area contributed by atoms with Crippen LogP contribution in [0.1, 0.15) is 27.0 Å². The zero-order chi connectivity index (χ0) is 23.3. The Balaban J connectivity index is 1.46. The zero-order valence-corrected chi connectivity index (χ0v) is 20.5. The van der Waals surface area contributed by atoms with Crippen molar-refractivity contribution < 1.29 is 4.79 Å². The Bertz CT molecular complexity index is 1450. The van der Waals surface area contributed by atoms with Crippen molar-refractivity contribution in [2.45, 2.75) is 6.42 Å². The molecule has 0 atom stereocenters. The van der Waals surface area contributed by atoms with Crippen molar-refractivity contribution in [1.82, 2.24) is 4.98 Å². The van der Waals surface area contributed by atoms with Crippen LogP contribution in [-0.2, 0) is 6.42 Å². The van der Waals surface area contributed by atoms with E-state index < -0.39 is 0 Å². The van der Waals surface area contributed by atoms with Crippen LogP contribution in [0.4, 0.5) is 5.13 Å². The minimum absolute atomic E-state index is 0.225. The molecule has 0 aliphatic heterocycles. The second-order valence-electron chi connectivity index (χ2n) is 7.74. The number of carbonyl (C=O) groups excluding carboxylic acids is 1. The van der Waals surface area contributed by atoms with Gasteiger partial charge in [-0.15, -0.1) is 0 Å². The van der Waals surface area contributed by atoms with Gasteiger partial charge in [0.25, 0.3) is 5.91 Å². The van der Waals surface area contributed by atoms with E-state index >= 15 is 0 Å². The highest BCUT2D eigenvalue weighted by atomic mass is 79.9. The number of anilines is 1. The molecule has 1 amide bonds. The number of rotatable bonds is 6. The van der Waals surface area contributed by atoms with Crippen LogP contribution in [0.3, 0.4) is 0 Å².